The van der Waals surface area contributed by atoms with Crippen LogP contribution in [0, 0.1) is 5.92 Å². The normalized spacial score (nSPS) is 17.8. The average Bonchev–Trinajstić information content (AvgIpc) is 2.87. The second kappa shape index (κ2) is 5.13. The fourth-order valence-electron chi connectivity index (χ4n) is 1.24. The fourth-order valence-corrected chi connectivity index (χ4v) is 2.44. The zero-order chi connectivity index (χ0) is 9.73. The van der Waals surface area contributed by atoms with E-state index < -0.39 is 8.32 Å². The third kappa shape index (κ3) is 5.44. The summed E-state index contributed by atoms with van der Waals surface area (Å²) in [6.45, 7) is 6.44. The lowest BCUT2D eigenvalue weighted by Gasteiger charge is -2.19. The van der Waals surface area contributed by atoms with Crippen LogP contribution in [0.25, 0.3) is 0 Å². The van der Waals surface area contributed by atoms with Gasteiger partial charge in [-0.15, -0.1) is 0 Å². The first-order valence-corrected chi connectivity index (χ1v) is 8.38. The minimum absolute atomic E-state index is 0.896. The summed E-state index contributed by atoms with van der Waals surface area (Å²) in [5, 5.41) is 0. The van der Waals surface area contributed by atoms with E-state index in [0.717, 1.165) is 19.1 Å². The van der Waals surface area contributed by atoms with E-state index in [9.17, 15) is 0 Å². The van der Waals surface area contributed by atoms with Crippen LogP contribution in [0.15, 0.2) is 0 Å². The molecule has 1 aliphatic rings. The molecule has 0 spiro atoms. The summed E-state index contributed by atoms with van der Waals surface area (Å²) in [6, 6.07) is 1.22. The Morgan fingerprint density at radius 3 is 2.54 bits per heavy atom. The summed E-state index contributed by atoms with van der Waals surface area (Å²) in [5.41, 5.74) is 0. The van der Waals surface area contributed by atoms with E-state index in [-0.39, 0.29) is 0 Å². The van der Waals surface area contributed by atoms with Gasteiger partial charge in [-0.1, -0.05) is 0 Å². The molecule has 3 heteroatoms. The summed E-state index contributed by atoms with van der Waals surface area (Å²) < 4.78 is 11.0. The minimum atomic E-state index is -1.32. The molecule has 0 aromatic carbocycles. The van der Waals surface area contributed by atoms with Gasteiger partial charge >= 0.3 is 0 Å². The molecule has 1 aliphatic carbocycles. The van der Waals surface area contributed by atoms with E-state index in [0.29, 0.717) is 0 Å². The molecule has 0 saturated heterocycles. The molecule has 78 valence electrons. The zero-order valence-corrected chi connectivity index (χ0v) is 10.1. The van der Waals surface area contributed by atoms with Gasteiger partial charge in [0.1, 0.15) is 0 Å². The Balaban J connectivity index is 1.87. The molecule has 0 amide bonds. The Kier molecular flexibility index (Phi) is 4.42. The van der Waals surface area contributed by atoms with Crippen LogP contribution >= 0.6 is 0 Å². The van der Waals surface area contributed by atoms with E-state index in [1.54, 1.807) is 0 Å². The van der Waals surface area contributed by atoms with Crippen molar-refractivity contribution in [2.45, 2.75) is 38.4 Å². The molecular formula is C10H22O2Si. The first kappa shape index (κ1) is 11.2. The highest BCUT2D eigenvalue weighted by Gasteiger charge is 2.22. The molecule has 0 aliphatic heterocycles. The van der Waals surface area contributed by atoms with Crippen molar-refractivity contribution in [3.8, 4) is 0 Å². The minimum Gasteiger partial charge on any atom is -0.420 e. The topological polar surface area (TPSA) is 18.5 Å². The van der Waals surface area contributed by atoms with Crippen LogP contribution in [0.2, 0.25) is 19.1 Å². The van der Waals surface area contributed by atoms with Gasteiger partial charge in [0.05, 0.1) is 0 Å². The van der Waals surface area contributed by atoms with Gasteiger partial charge in [0.15, 0.2) is 8.32 Å². The van der Waals surface area contributed by atoms with Crippen LogP contribution < -0.4 is 0 Å². The molecule has 0 radical (unpaired) electrons. The van der Waals surface area contributed by atoms with Gasteiger partial charge in [0.25, 0.3) is 0 Å². The molecule has 1 saturated carbocycles. The molecule has 1 fully saturated rings. The summed E-state index contributed by atoms with van der Waals surface area (Å²) in [6.07, 6.45) is 3.94. The molecule has 0 bridgehead atoms. The van der Waals surface area contributed by atoms with Gasteiger partial charge in [-0.2, -0.15) is 0 Å². The van der Waals surface area contributed by atoms with Gasteiger partial charge in [0, 0.05) is 20.3 Å². The van der Waals surface area contributed by atoms with Gasteiger partial charge in [0.2, 0.25) is 0 Å². The maximum absolute atomic E-state index is 5.56. The predicted molar refractivity (Wildman–Crippen MR) is 57.5 cm³/mol. The number of hydrogen-bond acceptors (Lipinski definition) is 2. The number of rotatable bonds is 7. The van der Waals surface area contributed by atoms with Gasteiger partial charge in [-0.25, -0.2) is 0 Å². The Labute approximate surface area is 82.7 Å². The smallest absolute Gasteiger partial charge is 0.186 e. The van der Waals surface area contributed by atoms with Crippen LogP contribution in [0.4, 0.5) is 0 Å². The second-order valence-corrected chi connectivity index (χ2v) is 9.01. The van der Waals surface area contributed by atoms with Crippen LogP contribution in [-0.4, -0.2) is 28.6 Å². The molecular weight excluding hydrogens is 180 g/mol. The quantitative estimate of drug-likeness (QED) is 0.467. The SMILES string of the molecule is CO[Si](C)(C)CCCOCC1CC1. The maximum atomic E-state index is 5.56. The molecule has 0 aromatic heterocycles. The molecule has 0 N–H and O–H groups in total. The molecule has 0 atom stereocenters. The van der Waals surface area contributed by atoms with Gasteiger partial charge < -0.3 is 9.16 Å². The van der Waals surface area contributed by atoms with Crippen molar-refractivity contribution in [3.05, 3.63) is 0 Å². The van der Waals surface area contributed by atoms with E-state index in [2.05, 4.69) is 13.1 Å². The highest BCUT2D eigenvalue weighted by Crippen LogP contribution is 2.28. The van der Waals surface area contributed by atoms with Crippen molar-refractivity contribution < 1.29 is 9.16 Å². The van der Waals surface area contributed by atoms with Crippen molar-refractivity contribution in [1.82, 2.24) is 0 Å². The van der Waals surface area contributed by atoms with Crippen LogP contribution in [-0.2, 0) is 9.16 Å². The second-order valence-electron chi connectivity index (χ2n) is 4.59. The fraction of sp³-hybridized carbons (Fsp3) is 1.00. The van der Waals surface area contributed by atoms with E-state index >= 15 is 0 Å². The van der Waals surface area contributed by atoms with Crippen molar-refractivity contribution in [2.75, 3.05) is 20.3 Å². The first-order valence-electron chi connectivity index (χ1n) is 5.27. The molecule has 0 aromatic rings. The summed E-state index contributed by atoms with van der Waals surface area (Å²) in [7, 11) is 0.512. The van der Waals surface area contributed by atoms with Crippen LogP contribution in [0.5, 0.6) is 0 Å². The summed E-state index contributed by atoms with van der Waals surface area (Å²) in [5.74, 6) is 0.896. The van der Waals surface area contributed by atoms with Crippen molar-refractivity contribution in [3.63, 3.8) is 0 Å². The lowest BCUT2D eigenvalue weighted by Crippen LogP contribution is -2.28. The van der Waals surface area contributed by atoms with E-state index in [1.807, 2.05) is 7.11 Å². The van der Waals surface area contributed by atoms with Crippen molar-refractivity contribution in [1.29, 1.82) is 0 Å². The Morgan fingerprint density at radius 1 is 1.31 bits per heavy atom. The molecule has 0 heterocycles. The average molecular weight is 202 g/mol. The lowest BCUT2D eigenvalue weighted by molar-refractivity contribution is 0.124. The Hall–Kier alpha value is 0.137. The molecule has 1 rings (SSSR count). The van der Waals surface area contributed by atoms with E-state index in [4.69, 9.17) is 9.16 Å². The van der Waals surface area contributed by atoms with Crippen molar-refractivity contribution in [2.24, 2.45) is 5.92 Å². The lowest BCUT2D eigenvalue weighted by atomic mass is 10.4. The summed E-state index contributed by atoms with van der Waals surface area (Å²) in [4.78, 5) is 0. The molecule has 13 heavy (non-hydrogen) atoms. The Morgan fingerprint density at radius 2 is 2.00 bits per heavy atom. The maximum Gasteiger partial charge on any atom is 0.186 e. The van der Waals surface area contributed by atoms with Gasteiger partial charge in [-0.3, -0.25) is 0 Å². The summed E-state index contributed by atoms with van der Waals surface area (Å²) >= 11 is 0. The zero-order valence-electron chi connectivity index (χ0n) is 9.14. The third-order valence-electron chi connectivity index (χ3n) is 2.67. The highest BCUT2D eigenvalue weighted by atomic mass is 28.4. The molecule has 0 unspecified atom stereocenters. The highest BCUT2D eigenvalue weighted by molar-refractivity contribution is 6.71. The number of hydrogen-bond donors (Lipinski definition) is 0. The first-order chi connectivity index (χ1) is 6.14. The number of ether oxygens (including phenoxy) is 1. The largest absolute Gasteiger partial charge is 0.420 e. The van der Waals surface area contributed by atoms with Crippen molar-refractivity contribution >= 4 is 8.32 Å². The molecule has 2 nitrogen and oxygen atoms in total. The Bertz CT molecular complexity index is 144. The van der Waals surface area contributed by atoms with Crippen LogP contribution in [0.3, 0.4) is 0 Å². The van der Waals surface area contributed by atoms with Gasteiger partial charge in [-0.05, 0) is 44.3 Å². The standard InChI is InChI=1S/C10H22O2Si/c1-11-13(2,3)8-4-7-12-9-10-5-6-10/h10H,4-9H2,1-3H3. The third-order valence-corrected chi connectivity index (χ3v) is 5.33. The van der Waals surface area contributed by atoms with Crippen LogP contribution in [0.1, 0.15) is 19.3 Å². The monoisotopic (exact) mass is 202 g/mol. The predicted octanol–water partition coefficient (Wildman–Crippen LogP) is 2.65. The van der Waals surface area contributed by atoms with E-state index in [1.165, 1.54) is 25.3 Å².